The lowest BCUT2D eigenvalue weighted by molar-refractivity contribution is 0.305. The summed E-state index contributed by atoms with van der Waals surface area (Å²) in [5.41, 5.74) is 6.44. The molecule has 0 aliphatic rings. The molecule has 0 saturated heterocycles. The van der Waals surface area contributed by atoms with Gasteiger partial charge >= 0.3 is 0 Å². The van der Waals surface area contributed by atoms with E-state index in [1.165, 1.54) is 0 Å². The van der Waals surface area contributed by atoms with Gasteiger partial charge in [-0.2, -0.15) is 0 Å². The number of halogens is 2. The quantitative estimate of drug-likeness (QED) is 0.171. The molecule has 0 radical (unpaired) electrons. The van der Waals surface area contributed by atoms with Crippen molar-refractivity contribution in [1.82, 2.24) is 0 Å². The molecule has 6 heteroatoms. The van der Waals surface area contributed by atoms with Crippen LogP contribution in [0.15, 0.2) is 23.4 Å². The molecule has 0 aliphatic heterocycles. The summed E-state index contributed by atoms with van der Waals surface area (Å²) in [6.45, 7) is 4.77. The number of anilines is 1. The van der Waals surface area contributed by atoms with Gasteiger partial charge in [0, 0.05) is 26.2 Å². The van der Waals surface area contributed by atoms with E-state index in [-0.39, 0.29) is 11.3 Å². The first-order chi connectivity index (χ1) is 8.86. The normalized spacial score (nSPS) is 12.5. The topological polar surface area (TPSA) is 70.6 Å². The third-order valence-electron chi connectivity index (χ3n) is 3.03. The molecule has 1 rings (SSSR count). The molecule has 4 nitrogen and oxygen atoms in total. The maximum atomic E-state index is 8.70. The fourth-order valence-corrected chi connectivity index (χ4v) is 2.71. The molecule has 0 aliphatic carbocycles. The Hall–Kier alpha value is -0.690. The zero-order valence-corrected chi connectivity index (χ0v) is 14.0. The van der Waals surface area contributed by atoms with Crippen LogP contribution in [0.5, 0.6) is 0 Å². The van der Waals surface area contributed by atoms with Crippen LogP contribution in [-0.2, 0) is 0 Å². The number of oxime groups is 1. The van der Waals surface area contributed by atoms with Crippen molar-refractivity contribution in [2.45, 2.75) is 26.7 Å². The van der Waals surface area contributed by atoms with Crippen molar-refractivity contribution in [2.75, 3.05) is 11.9 Å². The van der Waals surface area contributed by atoms with Crippen LogP contribution in [0, 0.1) is 8.99 Å². The van der Waals surface area contributed by atoms with Crippen LogP contribution < -0.4 is 11.1 Å². The summed E-state index contributed by atoms with van der Waals surface area (Å²) in [5, 5.41) is 15.9. The Kier molecular flexibility index (Phi) is 6.19. The largest absolute Gasteiger partial charge is 0.409 e. The molecule has 0 fully saturated rings. The van der Waals surface area contributed by atoms with E-state index in [2.05, 4.69) is 33.1 Å². The van der Waals surface area contributed by atoms with Crippen LogP contribution in [0.25, 0.3) is 0 Å². The zero-order valence-electron chi connectivity index (χ0n) is 11.1. The number of benzene rings is 1. The standard InChI is InChI=1S/C13H19ClIN3O/c1-13(2,12(16)18-19)6-3-7-17-11-5-4-9(14)8-10(11)15/h4-5,8,17,19H,3,6-7H2,1-2H3,(H2,16,18). The average molecular weight is 396 g/mol. The Morgan fingerprint density at radius 2 is 2.21 bits per heavy atom. The second-order valence-electron chi connectivity index (χ2n) is 5.02. The van der Waals surface area contributed by atoms with Crippen LogP contribution in [0.3, 0.4) is 0 Å². The highest BCUT2D eigenvalue weighted by molar-refractivity contribution is 14.1. The van der Waals surface area contributed by atoms with Gasteiger partial charge in [0.05, 0.1) is 0 Å². The summed E-state index contributed by atoms with van der Waals surface area (Å²) in [7, 11) is 0. The molecule has 0 spiro atoms. The predicted molar refractivity (Wildman–Crippen MR) is 89.1 cm³/mol. The molecule has 19 heavy (non-hydrogen) atoms. The summed E-state index contributed by atoms with van der Waals surface area (Å²) >= 11 is 8.16. The van der Waals surface area contributed by atoms with Crippen LogP contribution in [0.1, 0.15) is 26.7 Å². The summed E-state index contributed by atoms with van der Waals surface area (Å²) in [4.78, 5) is 0. The van der Waals surface area contributed by atoms with E-state index in [9.17, 15) is 0 Å². The number of hydrogen-bond donors (Lipinski definition) is 3. The Morgan fingerprint density at radius 3 is 2.79 bits per heavy atom. The van der Waals surface area contributed by atoms with Gasteiger partial charge < -0.3 is 16.3 Å². The van der Waals surface area contributed by atoms with Gasteiger partial charge in [0.2, 0.25) is 0 Å². The summed E-state index contributed by atoms with van der Waals surface area (Å²) < 4.78 is 1.10. The van der Waals surface area contributed by atoms with Crippen molar-refractivity contribution in [2.24, 2.45) is 16.3 Å². The molecule has 106 valence electrons. The van der Waals surface area contributed by atoms with Gasteiger partial charge in [-0.1, -0.05) is 30.6 Å². The molecule has 0 heterocycles. The van der Waals surface area contributed by atoms with E-state index in [0.29, 0.717) is 0 Å². The fraction of sp³-hybridized carbons (Fsp3) is 0.462. The predicted octanol–water partition coefficient (Wildman–Crippen LogP) is 3.91. The van der Waals surface area contributed by atoms with Gasteiger partial charge in [-0.05, 0) is 53.6 Å². The molecular formula is C13H19ClIN3O. The number of amidine groups is 1. The lowest BCUT2D eigenvalue weighted by atomic mass is 9.86. The Labute approximate surface area is 132 Å². The molecule has 0 atom stereocenters. The lowest BCUT2D eigenvalue weighted by Gasteiger charge is -2.22. The van der Waals surface area contributed by atoms with Crippen molar-refractivity contribution in [3.05, 3.63) is 26.8 Å². The first-order valence-corrected chi connectivity index (χ1v) is 7.49. The van der Waals surface area contributed by atoms with E-state index in [4.69, 9.17) is 22.5 Å². The van der Waals surface area contributed by atoms with E-state index >= 15 is 0 Å². The fourth-order valence-electron chi connectivity index (χ4n) is 1.65. The number of hydrogen-bond acceptors (Lipinski definition) is 3. The van der Waals surface area contributed by atoms with Crippen molar-refractivity contribution in [1.29, 1.82) is 0 Å². The monoisotopic (exact) mass is 395 g/mol. The Morgan fingerprint density at radius 1 is 1.53 bits per heavy atom. The van der Waals surface area contributed by atoms with Crippen molar-refractivity contribution >= 4 is 45.7 Å². The molecule has 0 bridgehead atoms. The van der Waals surface area contributed by atoms with Gasteiger partial charge in [-0.3, -0.25) is 0 Å². The minimum atomic E-state index is -0.288. The molecule has 1 aromatic carbocycles. The molecule has 0 amide bonds. The minimum absolute atomic E-state index is 0.272. The highest BCUT2D eigenvalue weighted by Gasteiger charge is 2.22. The first kappa shape index (κ1) is 16.4. The maximum absolute atomic E-state index is 8.70. The number of nitrogens with zero attached hydrogens (tertiary/aromatic N) is 1. The first-order valence-electron chi connectivity index (χ1n) is 6.04. The highest BCUT2D eigenvalue weighted by atomic mass is 127. The van der Waals surface area contributed by atoms with Crippen LogP contribution in [0.2, 0.25) is 5.02 Å². The lowest BCUT2D eigenvalue weighted by Crippen LogP contribution is -2.32. The molecular weight excluding hydrogens is 377 g/mol. The Bertz CT molecular complexity index is 463. The molecule has 1 aromatic rings. The third-order valence-corrected chi connectivity index (χ3v) is 4.15. The van der Waals surface area contributed by atoms with Gasteiger partial charge in [-0.25, -0.2) is 0 Å². The van der Waals surface area contributed by atoms with Gasteiger partial charge in [0.15, 0.2) is 0 Å². The maximum Gasteiger partial charge on any atom is 0.144 e. The third kappa shape index (κ3) is 5.06. The SMILES string of the molecule is CC(C)(CCCNc1ccc(Cl)cc1I)/C(N)=N/O. The summed E-state index contributed by atoms with van der Waals surface area (Å²) in [6.07, 6.45) is 1.78. The number of nitrogens with two attached hydrogens (primary N) is 1. The van der Waals surface area contributed by atoms with Crippen LogP contribution in [-0.4, -0.2) is 17.6 Å². The minimum Gasteiger partial charge on any atom is -0.409 e. The van der Waals surface area contributed by atoms with Crippen molar-refractivity contribution in [3.63, 3.8) is 0 Å². The second-order valence-corrected chi connectivity index (χ2v) is 6.62. The molecule has 0 aromatic heterocycles. The van der Waals surface area contributed by atoms with Gasteiger partial charge in [-0.15, -0.1) is 0 Å². The number of nitrogens with one attached hydrogen (secondary N) is 1. The van der Waals surface area contributed by atoms with Crippen molar-refractivity contribution < 1.29 is 5.21 Å². The summed E-state index contributed by atoms with van der Waals surface area (Å²) in [5.74, 6) is 0.272. The average Bonchev–Trinajstić information content (AvgIpc) is 2.35. The van der Waals surface area contributed by atoms with E-state index in [1.54, 1.807) is 0 Å². The van der Waals surface area contributed by atoms with Crippen LogP contribution in [0.4, 0.5) is 5.69 Å². The van der Waals surface area contributed by atoms with Gasteiger partial charge in [0.1, 0.15) is 5.84 Å². The molecule has 4 N–H and O–H groups in total. The number of rotatable bonds is 6. The van der Waals surface area contributed by atoms with E-state index in [0.717, 1.165) is 33.7 Å². The van der Waals surface area contributed by atoms with Crippen molar-refractivity contribution in [3.8, 4) is 0 Å². The highest BCUT2D eigenvalue weighted by Crippen LogP contribution is 2.24. The Balaban J connectivity index is 2.43. The van der Waals surface area contributed by atoms with E-state index < -0.39 is 0 Å². The molecule has 0 saturated carbocycles. The van der Waals surface area contributed by atoms with E-state index in [1.807, 2.05) is 32.0 Å². The second kappa shape index (κ2) is 7.19. The smallest absolute Gasteiger partial charge is 0.144 e. The molecule has 0 unspecified atom stereocenters. The summed E-state index contributed by atoms with van der Waals surface area (Å²) in [6, 6.07) is 5.76. The zero-order chi connectivity index (χ0) is 14.5. The van der Waals surface area contributed by atoms with Crippen LogP contribution >= 0.6 is 34.2 Å². The van der Waals surface area contributed by atoms with Gasteiger partial charge in [0.25, 0.3) is 0 Å².